The van der Waals surface area contributed by atoms with Crippen LogP contribution in [0.25, 0.3) is 0 Å². The molecule has 2 aliphatic carbocycles. The first-order chi connectivity index (χ1) is 9.16. The fourth-order valence-electron chi connectivity index (χ4n) is 3.36. The van der Waals surface area contributed by atoms with E-state index in [1.807, 2.05) is 0 Å². The third-order valence-electron chi connectivity index (χ3n) is 4.87. The van der Waals surface area contributed by atoms with Gasteiger partial charge in [0.25, 0.3) is 0 Å². The molecule has 2 nitrogen and oxygen atoms in total. The van der Waals surface area contributed by atoms with E-state index in [1.54, 1.807) is 0 Å². The largest absolute Gasteiger partial charge is 0.378 e. The molecule has 3 unspecified atom stereocenters. The molecule has 2 saturated carbocycles. The van der Waals surface area contributed by atoms with Crippen LogP contribution in [-0.2, 0) is 4.74 Å². The minimum Gasteiger partial charge on any atom is -0.378 e. The number of hydrogen-bond donors (Lipinski definition) is 1. The van der Waals surface area contributed by atoms with Crippen molar-refractivity contribution in [1.82, 2.24) is 5.32 Å². The summed E-state index contributed by atoms with van der Waals surface area (Å²) in [6.07, 6.45) is 9.85. The summed E-state index contributed by atoms with van der Waals surface area (Å²) in [6.45, 7) is 9.25. The highest BCUT2D eigenvalue weighted by Crippen LogP contribution is 2.35. The van der Waals surface area contributed by atoms with E-state index < -0.39 is 0 Å². The van der Waals surface area contributed by atoms with E-state index in [4.69, 9.17) is 4.74 Å². The summed E-state index contributed by atoms with van der Waals surface area (Å²) in [5, 5.41) is 3.57. The van der Waals surface area contributed by atoms with Gasteiger partial charge in [-0.25, -0.2) is 0 Å². The number of rotatable bonds is 8. The molecule has 0 bridgehead atoms. The molecule has 3 atom stereocenters. The molecule has 0 aromatic rings. The Morgan fingerprint density at radius 2 is 1.89 bits per heavy atom. The van der Waals surface area contributed by atoms with Crippen molar-refractivity contribution in [2.45, 2.75) is 77.9 Å². The molecule has 112 valence electrons. The van der Waals surface area contributed by atoms with Crippen LogP contribution in [0.15, 0.2) is 0 Å². The lowest BCUT2D eigenvalue weighted by Gasteiger charge is -2.37. The zero-order valence-corrected chi connectivity index (χ0v) is 13.2. The van der Waals surface area contributed by atoms with E-state index in [2.05, 4.69) is 26.1 Å². The van der Waals surface area contributed by atoms with Gasteiger partial charge < -0.3 is 10.1 Å². The highest BCUT2D eigenvalue weighted by Gasteiger charge is 2.31. The van der Waals surface area contributed by atoms with Crippen molar-refractivity contribution < 1.29 is 4.74 Å². The number of unbranched alkanes of at least 4 members (excludes halogenated alkanes) is 1. The average Bonchev–Trinajstić information content (AvgIpc) is 3.17. The van der Waals surface area contributed by atoms with E-state index in [-0.39, 0.29) is 0 Å². The third kappa shape index (κ3) is 5.43. The van der Waals surface area contributed by atoms with Gasteiger partial charge in [0.15, 0.2) is 0 Å². The minimum atomic E-state index is 0.528. The van der Waals surface area contributed by atoms with Crippen LogP contribution in [0.2, 0.25) is 0 Å². The Balaban J connectivity index is 1.58. The normalized spacial score (nSPS) is 31.9. The second-order valence-electron chi connectivity index (χ2n) is 7.17. The number of nitrogens with one attached hydrogen (secondary N) is 1. The molecule has 0 aromatic heterocycles. The van der Waals surface area contributed by atoms with Crippen molar-refractivity contribution in [3.05, 3.63) is 0 Å². The monoisotopic (exact) mass is 267 g/mol. The van der Waals surface area contributed by atoms with Crippen molar-refractivity contribution in [3.8, 4) is 0 Å². The second kappa shape index (κ2) is 7.64. The molecule has 0 amide bonds. The molecule has 2 aliphatic rings. The van der Waals surface area contributed by atoms with E-state index in [0.717, 1.165) is 30.4 Å². The standard InChI is InChI=1S/C17H33NO/c1-13(2)16-9-6-14(3)12-17(16)19-11-5-4-10-18-15-7-8-15/h13-18H,4-12H2,1-3H3. The van der Waals surface area contributed by atoms with E-state index in [1.165, 1.54) is 51.5 Å². The van der Waals surface area contributed by atoms with Gasteiger partial charge in [0, 0.05) is 12.6 Å². The average molecular weight is 267 g/mol. The maximum atomic E-state index is 6.22. The Morgan fingerprint density at radius 1 is 1.11 bits per heavy atom. The molecule has 2 rings (SSSR count). The summed E-state index contributed by atoms with van der Waals surface area (Å²) in [5.74, 6) is 2.42. The van der Waals surface area contributed by atoms with Gasteiger partial charge in [-0.1, -0.05) is 27.2 Å². The molecule has 0 heterocycles. The first-order valence-electron chi connectivity index (χ1n) is 8.51. The number of hydrogen-bond acceptors (Lipinski definition) is 2. The van der Waals surface area contributed by atoms with Gasteiger partial charge in [-0.05, 0) is 62.8 Å². The van der Waals surface area contributed by atoms with Crippen molar-refractivity contribution in [2.24, 2.45) is 17.8 Å². The quantitative estimate of drug-likeness (QED) is 0.671. The molecule has 0 radical (unpaired) electrons. The van der Waals surface area contributed by atoms with E-state index in [9.17, 15) is 0 Å². The lowest BCUT2D eigenvalue weighted by atomic mass is 9.75. The summed E-state index contributed by atoms with van der Waals surface area (Å²) in [4.78, 5) is 0. The van der Waals surface area contributed by atoms with Gasteiger partial charge in [-0.2, -0.15) is 0 Å². The summed E-state index contributed by atoms with van der Waals surface area (Å²) in [5.41, 5.74) is 0. The molecular formula is C17H33NO. The first kappa shape index (κ1) is 15.3. The van der Waals surface area contributed by atoms with Gasteiger partial charge in [0.2, 0.25) is 0 Å². The van der Waals surface area contributed by atoms with Crippen molar-refractivity contribution >= 4 is 0 Å². The molecule has 0 spiro atoms. The minimum absolute atomic E-state index is 0.528. The predicted octanol–water partition coefficient (Wildman–Crippen LogP) is 4.00. The lowest BCUT2D eigenvalue weighted by molar-refractivity contribution is -0.0393. The molecule has 1 N–H and O–H groups in total. The third-order valence-corrected chi connectivity index (χ3v) is 4.87. The molecule has 2 heteroatoms. The Labute approximate surface area is 119 Å². The Kier molecular flexibility index (Phi) is 6.15. The van der Waals surface area contributed by atoms with Crippen LogP contribution >= 0.6 is 0 Å². The Morgan fingerprint density at radius 3 is 2.58 bits per heavy atom. The topological polar surface area (TPSA) is 21.3 Å². The Bertz CT molecular complexity index is 250. The summed E-state index contributed by atoms with van der Waals surface area (Å²) in [6, 6.07) is 0.852. The molecular weight excluding hydrogens is 234 g/mol. The molecule has 0 saturated heterocycles. The Hall–Kier alpha value is -0.0800. The van der Waals surface area contributed by atoms with Crippen LogP contribution in [0.5, 0.6) is 0 Å². The van der Waals surface area contributed by atoms with E-state index in [0.29, 0.717) is 6.10 Å². The second-order valence-corrected chi connectivity index (χ2v) is 7.17. The highest BCUT2D eigenvalue weighted by atomic mass is 16.5. The van der Waals surface area contributed by atoms with Crippen LogP contribution in [0.4, 0.5) is 0 Å². The zero-order valence-electron chi connectivity index (χ0n) is 13.2. The van der Waals surface area contributed by atoms with Gasteiger partial charge in [-0.15, -0.1) is 0 Å². The van der Waals surface area contributed by atoms with Gasteiger partial charge in [0.05, 0.1) is 6.10 Å². The van der Waals surface area contributed by atoms with Crippen LogP contribution < -0.4 is 5.32 Å². The van der Waals surface area contributed by atoms with Crippen LogP contribution in [0.3, 0.4) is 0 Å². The SMILES string of the molecule is CC1CCC(C(C)C)C(OCCCCNC2CC2)C1. The van der Waals surface area contributed by atoms with Gasteiger partial charge >= 0.3 is 0 Å². The highest BCUT2D eigenvalue weighted by molar-refractivity contribution is 4.82. The van der Waals surface area contributed by atoms with Gasteiger partial charge in [0.1, 0.15) is 0 Å². The summed E-state index contributed by atoms with van der Waals surface area (Å²) >= 11 is 0. The van der Waals surface area contributed by atoms with Crippen molar-refractivity contribution in [2.75, 3.05) is 13.2 Å². The zero-order chi connectivity index (χ0) is 13.7. The van der Waals surface area contributed by atoms with Crippen LogP contribution in [0, 0.1) is 17.8 Å². The van der Waals surface area contributed by atoms with E-state index >= 15 is 0 Å². The van der Waals surface area contributed by atoms with Gasteiger partial charge in [-0.3, -0.25) is 0 Å². The fraction of sp³-hybridized carbons (Fsp3) is 1.00. The van der Waals surface area contributed by atoms with Crippen LogP contribution in [-0.4, -0.2) is 25.3 Å². The lowest BCUT2D eigenvalue weighted by Crippen LogP contribution is -2.34. The molecule has 2 fully saturated rings. The number of ether oxygens (including phenoxy) is 1. The van der Waals surface area contributed by atoms with Crippen LogP contribution in [0.1, 0.15) is 65.7 Å². The van der Waals surface area contributed by atoms with Crippen molar-refractivity contribution in [1.29, 1.82) is 0 Å². The first-order valence-corrected chi connectivity index (χ1v) is 8.51. The summed E-state index contributed by atoms with van der Waals surface area (Å²) in [7, 11) is 0. The van der Waals surface area contributed by atoms with Crippen molar-refractivity contribution in [3.63, 3.8) is 0 Å². The molecule has 19 heavy (non-hydrogen) atoms. The maximum Gasteiger partial charge on any atom is 0.0608 e. The predicted molar refractivity (Wildman–Crippen MR) is 81.3 cm³/mol. The smallest absolute Gasteiger partial charge is 0.0608 e. The maximum absolute atomic E-state index is 6.22. The molecule has 0 aromatic carbocycles. The molecule has 0 aliphatic heterocycles. The summed E-state index contributed by atoms with van der Waals surface area (Å²) < 4.78 is 6.22. The fourth-order valence-corrected chi connectivity index (χ4v) is 3.36.